The van der Waals surface area contributed by atoms with E-state index < -0.39 is 6.04 Å². The first-order chi connectivity index (χ1) is 10.8. The fourth-order valence-electron chi connectivity index (χ4n) is 2.78. The highest BCUT2D eigenvalue weighted by Gasteiger charge is 2.36. The lowest BCUT2D eigenvalue weighted by Crippen LogP contribution is -2.58. The monoisotopic (exact) mass is 304 g/mol. The molecule has 2 fully saturated rings. The van der Waals surface area contributed by atoms with Crippen LogP contribution in [0.15, 0.2) is 30.3 Å². The van der Waals surface area contributed by atoms with Gasteiger partial charge in [0, 0.05) is 19.6 Å². The average molecular weight is 304 g/mol. The molecule has 2 aliphatic rings. The summed E-state index contributed by atoms with van der Waals surface area (Å²) >= 11 is 0. The Morgan fingerprint density at radius 2 is 1.86 bits per heavy atom. The highest BCUT2D eigenvalue weighted by atomic mass is 16.5. The van der Waals surface area contributed by atoms with Crippen molar-refractivity contribution >= 4 is 11.8 Å². The largest absolute Gasteiger partial charge is 0.378 e. The van der Waals surface area contributed by atoms with Crippen LogP contribution in [0, 0.1) is 0 Å². The van der Waals surface area contributed by atoms with Crippen molar-refractivity contribution in [3.63, 3.8) is 0 Å². The van der Waals surface area contributed by atoms with E-state index in [9.17, 15) is 9.59 Å². The lowest BCUT2D eigenvalue weighted by Gasteiger charge is -2.38. The Kier molecular flexibility index (Phi) is 4.70. The van der Waals surface area contributed by atoms with Gasteiger partial charge in [-0.3, -0.25) is 9.59 Å². The molecule has 3 rings (SSSR count). The van der Waals surface area contributed by atoms with Crippen molar-refractivity contribution in [3.8, 4) is 0 Å². The van der Waals surface area contributed by atoms with Crippen molar-refractivity contribution < 1.29 is 19.1 Å². The van der Waals surface area contributed by atoms with E-state index in [4.69, 9.17) is 9.47 Å². The number of hydrogen-bond donors (Lipinski definition) is 0. The molecule has 0 unspecified atom stereocenters. The first kappa shape index (κ1) is 15.0. The minimum atomic E-state index is -0.542. The van der Waals surface area contributed by atoms with E-state index in [1.54, 1.807) is 9.80 Å². The highest BCUT2D eigenvalue weighted by molar-refractivity contribution is 5.89. The number of benzene rings is 1. The van der Waals surface area contributed by atoms with Crippen LogP contribution in [0.2, 0.25) is 0 Å². The average Bonchev–Trinajstić information content (AvgIpc) is 2.58. The van der Waals surface area contributed by atoms with Gasteiger partial charge in [0.05, 0.1) is 19.8 Å². The maximum absolute atomic E-state index is 12.7. The van der Waals surface area contributed by atoms with Gasteiger partial charge in [-0.2, -0.15) is 0 Å². The van der Waals surface area contributed by atoms with E-state index in [2.05, 4.69) is 0 Å². The van der Waals surface area contributed by atoms with Gasteiger partial charge in [0.2, 0.25) is 11.8 Å². The lowest BCUT2D eigenvalue weighted by atomic mass is 10.1. The molecule has 2 saturated heterocycles. The van der Waals surface area contributed by atoms with Gasteiger partial charge in [0.15, 0.2) is 0 Å². The molecule has 6 heteroatoms. The van der Waals surface area contributed by atoms with Gasteiger partial charge in [0.25, 0.3) is 0 Å². The van der Waals surface area contributed by atoms with E-state index in [0.29, 0.717) is 32.8 Å². The zero-order chi connectivity index (χ0) is 15.4. The summed E-state index contributed by atoms with van der Waals surface area (Å²) in [6.07, 6.45) is 0. The number of carbonyl (C=O) groups excluding carboxylic acids is 2. The predicted octanol–water partition coefficient (Wildman–Crippen LogP) is 0.273. The Morgan fingerprint density at radius 1 is 1.14 bits per heavy atom. The first-order valence-corrected chi connectivity index (χ1v) is 7.53. The number of amides is 2. The van der Waals surface area contributed by atoms with Crippen LogP contribution >= 0.6 is 0 Å². The molecule has 0 N–H and O–H groups in total. The minimum Gasteiger partial charge on any atom is -0.378 e. The summed E-state index contributed by atoms with van der Waals surface area (Å²) in [5.74, 6) is -0.186. The van der Waals surface area contributed by atoms with E-state index >= 15 is 0 Å². The van der Waals surface area contributed by atoms with Gasteiger partial charge < -0.3 is 19.3 Å². The molecule has 2 heterocycles. The number of nitrogens with zero attached hydrogens (tertiary/aromatic N) is 2. The fraction of sp³-hybridized carbons (Fsp3) is 0.500. The quantitative estimate of drug-likeness (QED) is 0.804. The Bertz CT molecular complexity index is 528. The molecule has 2 aliphatic heterocycles. The number of rotatable bonds is 3. The number of hydrogen-bond acceptors (Lipinski definition) is 4. The molecule has 22 heavy (non-hydrogen) atoms. The third-order valence-corrected chi connectivity index (χ3v) is 4.00. The molecule has 1 atom stereocenters. The van der Waals surface area contributed by atoms with E-state index in [1.807, 2.05) is 30.3 Å². The van der Waals surface area contributed by atoms with Crippen molar-refractivity contribution in [2.45, 2.75) is 12.6 Å². The smallest absolute Gasteiger partial charge is 0.249 e. The standard InChI is InChI=1S/C16H20N2O4/c19-15-12-22-11-14(16(20)17-6-8-21-9-7-17)18(15)10-13-4-2-1-3-5-13/h1-5,14H,6-12H2/t14-/m0/s1. The van der Waals surface area contributed by atoms with E-state index in [0.717, 1.165) is 5.56 Å². The van der Waals surface area contributed by atoms with Crippen LogP contribution in [-0.4, -0.2) is 67.2 Å². The van der Waals surface area contributed by atoms with Crippen LogP contribution in [0.1, 0.15) is 5.56 Å². The normalized spacial score (nSPS) is 22.7. The summed E-state index contributed by atoms with van der Waals surface area (Å²) in [7, 11) is 0. The van der Waals surface area contributed by atoms with Crippen LogP contribution in [0.25, 0.3) is 0 Å². The maximum atomic E-state index is 12.7. The van der Waals surface area contributed by atoms with Crippen LogP contribution in [0.4, 0.5) is 0 Å². The summed E-state index contributed by atoms with van der Waals surface area (Å²) in [6, 6.07) is 9.16. The number of morpholine rings is 2. The van der Waals surface area contributed by atoms with Crippen LogP contribution in [0.5, 0.6) is 0 Å². The summed E-state index contributed by atoms with van der Waals surface area (Å²) in [6.45, 7) is 2.97. The Balaban J connectivity index is 1.74. The molecule has 118 valence electrons. The second-order valence-corrected chi connectivity index (χ2v) is 5.48. The Morgan fingerprint density at radius 3 is 2.59 bits per heavy atom. The van der Waals surface area contributed by atoms with Crippen molar-refractivity contribution in [2.75, 3.05) is 39.5 Å². The van der Waals surface area contributed by atoms with Gasteiger partial charge in [0.1, 0.15) is 12.6 Å². The summed E-state index contributed by atoms with van der Waals surface area (Å²) in [5, 5.41) is 0. The highest BCUT2D eigenvalue weighted by Crippen LogP contribution is 2.16. The van der Waals surface area contributed by atoms with Gasteiger partial charge in [-0.1, -0.05) is 30.3 Å². The Labute approximate surface area is 129 Å². The van der Waals surface area contributed by atoms with Crippen LogP contribution in [0.3, 0.4) is 0 Å². The number of carbonyl (C=O) groups is 2. The summed E-state index contributed by atoms with van der Waals surface area (Å²) in [4.78, 5) is 28.3. The first-order valence-electron chi connectivity index (χ1n) is 7.53. The fourth-order valence-corrected chi connectivity index (χ4v) is 2.78. The molecule has 6 nitrogen and oxygen atoms in total. The minimum absolute atomic E-state index is 0.0414. The molecule has 0 spiro atoms. The van der Waals surface area contributed by atoms with E-state index in [1.165, 1.54) is 0 Å². The molecule has 1 aromatic rings. The zero-order valence-electron chi connectivity index (χ0n) is 12.4. The molecule has 0 bridgehead atoms. The molecule has 0 saturated carbocycles. The summed E-state index contributed by atoms with van der Waals surface area (Å²) < 4.78 is 10.6. The molecule has 0 radical (unpaired) electrons. The predicted molar refractivity (Wildman–Crippen MR) is 79.0 cm³/mol. The third kappa shape index (κ3) is 3.28. The van der Waals surface area contributed by atoms with Crippen molar-refractivity contribution in [3.05, 3.63) is 35.9 Å². The molecule has 2 amide bonds. The topological polar surface area (TPSA) is 59.1 Å². The molecule has 0 aliphatic carbocycles. The Hall–Kier alpha value is -1.92. The van der Waals surface area contributed by atoms with Gasteiger partial charge in [-0.25, -0.2) is 0 Å². The van der Waals surface area contributed by atoms with Gasteiger partial charge in [-0.05, 0) is 5.56 Å². The summed E-state index contributed by atoms with van der Waals surface area (Å²) in [5.41, 5.74) is 1.01. The lowest BCUT2D eigenvalue weighted by molar-refractivity contribution is -0.161. The van der Waals surface area contributed by atoms with Crippen LogP contribution in [-0.2, 0) is 25.6 Å². The van der Waals surface area contributed by atoms with Gasteiger partial charge in [-0.15, -0.1) is 0 Å². The third-order valence-electron chi connectivity index (χ3n) is 4.00. The van der Waals surface area contributed by atoms with Crippen LogP contribution < -0.4 is 0 Å². The van der Waals surface area contributed by atoms with E-state index in [-0.39, 0.29) is 25.0 Å². The zero-order valence-corrected chi connectivity index (χ0v) is 12.4. The van der Waals surface area contributed by atoms with Crippen molar-refractivity contribution in [1.29, 1.82) is 0 Å². The molecular weight excluding hydrogens is 284 g/mol. The van der Waals surface area contributed by atoms with Gasteiger partial charge >= 0.3 is 0 Å². The second kappa shape index (κ2) is 6.89. The van der Waals surface area contributed by atoms with Crippen molar-refractivity contribution in [2.24, 2.45) is 0 Å². The second-order valence-electron chi connectivity index (χ2n) is 5.48. The molecular formula is C16H20N2O4. The van der Waals surface area contributed by atoms with Crippen molar-refractivity contribution in [1.82, 2.24) is 9.80 Å². The molecule has 0 aromatic heterocycles. The SMILES string of the molecule is O=C([C@@H]1COCC(=O)N1Cc1ccccc1)N1CCOCC1. The maximum Gasteiger partial charge on any atom is 0.249 e. The molecule has 1 aromatic carbocycles. The number of ether oxygens (including phenoxy) is 2.